The van der Waals surface area contributed by atoms with Gasteiger partial charge < -0.3 is 25.0 Å². The predicted octanol–water partition coefficient (Wildman–Crippen LogP) is 6.29. The fourth-order valence-corrected chi connectivity index (χ4v) is 6.05. The van der Waals surface area contributed by atoms with Crippen molar-refractivity contribution in [2.24, 2.45) is 5.92 Å². The van der Waals surface area contributed by atoms with Crippen LogP contribution < -0.4 is 5.32 Å². The summed E-state index contributed by atoms with van der Waals surface area (Å²) in [4.78, 5) is 12.5. The minimum absolute atomic E-state index is 0.00506. The fourth-order valence-electron chi connectivity index (χ4n) is 5.14. The second kappa shape index (κ2) is 14.6. The molecule has 4 atom stereocenters. The SMILES string of the molecule is C[C@@H]1[C@H](CSCCO)O[C@H](c2ccc(-c3cccc(CNC(=O)c4ccccc4)c3)cc2)O[C@@H]1c1ccc(CO)cc1. The molecule has 1 aliphatic heterocycles. The van der Waals surface area contributed by atoms with Crippen molar-refractivity contribution < 1.29 is 24.5 Å². The van der Waals surface area contributed by atoms with Gasteiger partial charge in [0.1, 0.15) is 0 Å². The number of rotatable bonds is 11. The van der Waals surface area contributed by atoms with E-state index in [1.54, 1.807) is 23.9 Å². The Bertz CT molecular complexity index is 1430. The van der Waals surface area contributed by atoms with Gasteiger partial charge in [-0.2, -0.15) is 11.8 Å². The quantitative estimate of drug-likeness (QED) is 0.180. The largest absolute Gasteiger partial charge is 0.396 e. The molecule has 0 bridgehead atoms. The van der Waals surface area contributed by atoms with Crippen LogP contribution in [0.25, 0.3) is 11.1 Å². The van der Waals surface area contributed by atoms with E-state index in [0.29, 0.717) is 17.9 Å². The van der Waals surface area contributed by atoms with Crippen molar-refractivity contribution in [3.05, 3.63) is 131 Å². The van der Waals surface area contributed by atoms with Gasteiger partial charge in [0.25, 0.3) is 5.91 Å². The lowest BCUT2D eigenvalue weighted by atomic mass is 9.91. The number of aliphatic hydroxyl groups excluding tert-OH is 2. The maximum atomic E-state index is 12.5. The summed E-state index contributed by atoms with van der Waals surface area (Å²) in [5.74, 6) is 1.44. The average Bonchev–Trinajstić information content (AvgIpc) is 3.05. The molecule has 1 aliphatic rings. The zero-order valence-electron chi connectivity index (χ0n) is 23.7. The lowest BCUT2D eigenvalue weighted by Crippen LogP contribution is -2.38. The monoisotopic (exact) mass is 583 g/mol. The Balaban J connectivity index is 1.30. The number of carbonyl (C=O) groups excluding carboxylic acids is 1. The number of hydrogen-bond acceptors (Lipinski definition) is 6. The topological polar surface area (TPSA) is 88.0 Å². The number of carbonyl (C=O) groups is 1. The van der Waals surface area contributed by atoms with Crippen LogP contribution in [0.1, 0.15) is 51.9 Å². The molecular formula is C35H37NO5S. The highest BCUT2D eigenvalue weighted by Crippen LogP contribution is 2.42. The first-order valence-corrected chi connectivity index (χ1v) is 15.4. The molecule has 0 spiro atoms. The van der Waals surface area contributed by atoms with Crippen molar-refractivity contribution in [3.8, 4) is 11.1 Å². The molecule has 0 unspecified atom stereocenters. The van der Waals surface area contributed by atoms with E-state index in [9.17, 15) is 15.0 Å². The van der Waals surface area contributed by atoms with Gasteiger partial charge in [0.2, 0.25) is 0 Å². The third-order valence-electron chi connectivity index (χ3n) is 7.57. The van der Waals surface area contributed by atoms with Gasteiger partial charge in [0.05, 0.1) is 25.4 Å². The molecule has 42 heavy (non-hydrogen) atoms. The zero-order valence-corrected chi connectivity index (χ0v) is 24.5. The van der Waals surface area contributed by atoms with Crippen molar-refractivity contribution in [1.29, 1.82) is 0 Å². The van der Waals surface area contributed by atoms with Gasteiger partial charge in [-0.15, -0.1) is 0 Å². The van der Waals surface area contributed by atoms with Crippen molar-refractivity contribution in [2.75, 3.05) is 18.1 Å². The maximum Gasteiger partial charge on any atom is 0.251 e. The Morgan fingerprint density at radius 1 is 0.810 bits per heavy atom. The number of nitrogens with one attached hydrogen (secondary N) is 1. The van der Waals surface area contributed by atoms with Crippen LogP contribution in [-0.2, 0) is 22.6 Å². The smallest absolute Gasteiger partial charge is 0.251 e. The second-order valence-corrected chi connectivity index (χ2v) is 11.6. The average molecular weight is 584 g/mol. The molecule has 1 heterocycles. The molecule has 4 aromatic rings. The van der Waals surface area contributed by atoms with Crippen LogP contribution in [0, 0.1) is 5.92 Å². The van der Waals surface area contributed by atoms with E-state index >= 15 is 0 Å². The van der Waals surface area contributed by atoms with Crippen molar-refractivity contribution in [3.63, 3.8) is 0 Å². The summed E-state index contributed by atoms with van der Waals surface area (Å²) in [5.41, 5.74) is 6.64. The highest BCUT2D eigenvalue weighted by molar-refractivity contribution is 7.99. The normalized spacial score (nSPS) is 20.3. The minimum atomic E-state index is -0.531. The lowest BCUT2D eigenvalue weighted by Gasteiger charge is -2.41. The summed E-state index contributed by atoms with van der Waals surface area (Å²) in [6.07, 6.45) is -0.749. The number of benzene rings is 4. The first-order valence-electron chi connectivity index (χ1n) is 14.3. The third kappa shape index (κ3) is 7.48. The van der Waals surface area contributed by atoms with Gasteiger partial charge in [-0.25, -0.2) is 0 Å². The molecule has 6 nitrogen and oxygen atoms in total. The number of ether oxygens (including phenoxy) is 2. The molecule has 1 fully saturated rings. The van der Waals surface area contributed by atoms with E-state index in [1.807, 2.05) is 66.7 Å². The van der Waals surface area contributed by atoms with E-state index in [1.165, 1.54) is 0 Å². The molecule has 4 aromatic carbocycles. The van der Waals surface area contributed by atoms with Crippen molar-refractivity contribution in [1.82, 2.24) is 5.32 Å². The highest BCUT2D eigenvalue weighted by Gasteiger charge is 2.38. The van der Waals surface area contributed by atoms with Crippen LogP contribution in [0.4, 0.5) is 0 Å². The number of thioether (sulfide) groups is 1. The fraction of sp³-hybridized carbons (Fsp3) is 0.286. The number of hydrogen-bond donors (Lipinski definition) is 3. The van der Waals surface area contributed by atoms with E-state index in [0.717, 1.165) is 39.1 Å². The van der Waals surface area contributed by atoms with Gasteiger partial charge in [-0.1, -0.05) is 91.9 Å². The minimum Gasteiger partial charge on any atom is -0.396 e. The van der Waals surface area contributed by atoms with Gasteiger partial charge in [0, 0.05) is 35.1 Å². The molecule has 3 N–H and O–H groups in total. The standard InChI is InChI=1S/C35H37NO5S/c1-24-32(23-42-19-18-37)40-35(41-33(24)28-12-10-25(22-38)11-13-28)30-16-14-27(15-17-30)31-9-5-6-26(20-31)21-36-34(39)29-7-3-2-4-8-29/h2-17,20,24,32-33,35,37-38H,18-19,21-23H2,1H3,(H,36,39)/t24-,32+,33+,35+/m1/s1. The van der Waals surface area contributed by atoms with Gasteiger partial charge in [-0.05, 0) is 46.0 Å². The van der Waals surface area contributed by atoms with E-state index in [4.69, 9.17) is 9.47 Å². The molecule has 0 radical (unpaired) electrons. The van der Waals surface area contributed by atoms with Crippen molar-refractivity contribution in [2.45, 2.75) is 38.6 Å². The summed E-state index contributed by atoms with van der Waals surface area (Å²) in [6.45, 7) is 2.73. The van der Waals surface area contributed by atoms with Crippen molar-refractivity contribution >= 4 is 17.7 Å². The summed E-state index contributed by atoms with van der Waals surface area (Å²) in [5, 5.41) is 21.7. The Morgan fingerprint density at radius 2 is 1.55 bits per heavy atom. The lowest BCUT2D eigenvalue weighted by molar-refractivity contribution is -0.268. The Hall–Kier alpha value is -3.46. The van der Waals surface area contributed by atoms with Crippen LogP contribution in [0.2, 0.25) is 0 Å². The summed E-state index contributed by atoms with van der Waals surface area (Å²) in [6, 6.07) is 33.5. The Labute approximate surface area is 251 Å². The predicted molar refractivity (Wildman–Crippen MR) is 167 cm³/mol. The van der Waals surface area contributed by atoms with Gasteiger partial charge >= 0.3 is 0 Å². The van der Waals surface area contributed by atoms with Crippen LogP contribution >= 0.6 is 11.8 Å². The van der Waals surface area contributed by atoms with E-state index in [2.05, 4.69) is 36.5 Å². The molecule has 5 rings (SSSR count). The van der Waals surface area contributed by atoms with Crippen LogP contribution in [0.3, 0.4) is 0 Å². The molecule has 0 aromatic heterocycles. The maximum absolute atomic E-state index is 12.5. The first kappa shape index (κ1) is 30.0. The molecule has 0 aliphatic carbocycles. The summed E-state index contributed by atoms with van der Waals surface area (Å²) in [7, 11) is 0. The molecule has 218 valence electrons. The highest BCUT2D eigenvalue weighted by atomic mass is 32.2. The van der Waals surface area contributed by atoms with Crippen LogP contribution in [0.15, 0.2) is 103 Å². The Morgan fingerprint density at radius 3 is 2.26 bits per heavy atom. The van der Waals surface area contributed by atoms with Crippen LogP contribution in [0.5, 0.6) is 0 Å². The molecule has 1 saturated heterocycles. The molecule has 1 amide bonds. The first-order chi connectivity index (χ1) is 20.6. The van der Waals surface area contributed by atoms with Gasteiger partial charge in [0.15, 0.2) is 6.29 Å². The molecule has 7 heteroatoms. The zero-order chi connectivity index (χ0) is 29.3. The number of amides is 1. The van der Waals surface area contributed by atoms with E-state index < -0.39 is 6.29 Å². The van der Waals surface area contributed by atoms with Crippen LogP contribution in [-0.4, -0.2) is 40.3 Å². The second-order valence-electron chi connectivity index (χ2n) is 10.5. The van der Waals surface area contributed by atoms with E-state index in [-0.39, 0.29) is 37.2 Å². The van der Waals surface area contributed by atoms with Gasteiger partial charge in [-0.3, -0.25) is 4.79 Å². The number of aliphatic hydroxyl groups is 2. The molecule has 0 saturated carbocycles. The summed E-state index contributed by atoms with van der Waals surface area (Å²) < 4.78 is 13.0. The molecular weight excluding hydrogens is 546 g/mol. The third-order valence-corrected chi connectivity index (χ3v) is 8.61. The summed E-state index contributed by atoms with van der Waals surface area (Å²) >= 11 is 1.68. The Kier molecular flexibility index (Phi) is 10.5.